The Kier molecular flexibility index (Phi) is 6.72. The molecular formula is C11H23N3O2. The van der Waals surface area contributed by atoms with Crippen LogP contribution in [-0.2, 0) is 9.59 Å². The second kappa shape index (κ2) is 7.22. The van der Waals surface area contributed by atoms with Crippen LogP contribution < -0.4 is 10.6 Å². The summed E-state index contributed by atoms with van der Waals surface area (Å²) >= 11 is 0. The van der Waals surface area contributed by atoms with E-state index < -0.39 is 0 Å². The van der Waals surface area contributed by atoms with E-state index in [1.54, 1.807) is 27.9 Å². The molecule has 2 atom stereocenters. The van der Waals surface area contributed by atoms with Crippen LogP contribution >= 0.6 is 0 Å². The van der Waals surface area contributed by atoms with Gasteiger partial charge >= 0.3 is 0 Å². The second-order valence-electron chi connectivity index (χ2n) is 4.13. The van der Waals surface area contributed by atoms with E-state index in [0.29, 0.717) is 6.54 Å². The topological polar surface area (TPSA) is 61.4 Å². The first-order chi connectivity index (χ1) is 7.40. The van der Waals surface area contributed by atoms with E-state index in [4.69, 9.17) is 0 Å². The van der Waals surface area contributed by atoms with Crippen LogP contribution in [0, 0.1) is 0 Å². The first-order valence-electron chi connectivity index (χ1n) is 5.65. The molecule has 94 valence electrons. The fraction of sp³-hybridized carbons (Fsp3) is 0.818. The fourth-order valence-corrected chi connectivity index (χ4v) is 1.31. The summed E-state index contributed by atoms with van der Waals surface area (Å²) in [6.45, 7) is 6.17. The Labute approximate surface area is 97.6 Å². The summed E-state index contributed by atoms with van der Waals surface area (Å²) < 4.78 is 0. The zero-order valence-electron chi connectivity index (χ0n) is 10.8. The van der Waals surface area contributed by atoms with Gasteiger partial charge in [0.15, 0.2) is 0 Å². The average molecular weight is 229 g/mol. The highest BCUT2D eigenvalue weighted by Crippen LogP contribution is 1.92. The van der Waals surface area contributed by atoms with E-state index in [2.05, 4.69) is 10.6 Å². The van der Waals surface area contributed by atoms with Crippen LogP contribution in [0.5, 0.6) is 0 Å². The van der Waals surface area contributed by atoms with Crippen molar-refractivity contribution in [3.05, 3.63) is 0 Å². The molecular weight excluding hydrogens is 206 g/mol. The lowest BCUT2D eigenvalue weighted by Crippen LogP contribution is -2.50. The molecule has 2 amide bonds. The number of hydrogen-bond acceptors (Lipinski definition) is 3. The van der Waals surface area contributed by atoms with Gasteiger partial charge in [-0.15, -0.1) is 0 Å². The van der Waals surface area contributed by atoms with E-state index in [1.165, 1.54) is 4.90 Å². The largest absolute Gasteiger partial charge is 0.355 e. The van der Waals surface area contributed by atoms with E-state index >= 15 is 0 Å². The highest BCUT2D eigenvalue weighted by atomic mass is 16.2. The second-order valence-corrected chi connectivity index (χ2v) is 4.13. The molecule has 0 aliphatic rings. The summed E-state index contributed by atoms with van der Waals surface area (Å²) in [6.07, 6.45) is 0.907. The van der Waals surface area contributed by atoms with Gasteiger partial charge in [0.2, 0.25) is 11.8 Å². The summed E-state index contributed by atoms with van der Waals surface area (Å²) in [7, 11) is 3.39. The van der Waals surface area contributed by atoms with Crippen LogP contribution in [0.1, 0.15) is 27.2 Å². The SMILES string of the molecule is CCCNC(=O)C(C)NC(C)C(=O)N(C)C. The van der Waals surface area contributed by atoms with Crippen LogP contribution in [0.15, 0.2) is 0 Å². The number of carbonyl (C=O) groups excluding carboxylic acids is 2. The third kappa shape index (κ3) is 5.11. The lowest BCUT2D eigenvalue weighted by Gasteiger charge is -2.21. The third-order valence-electron chi connectivity index (χ3n) is 2.25. The number of amides is 2. The zero-order chi connectivity index (χ0) is 12.7. The molecule has 5 heteroatoms. The number of nitrogens with one attached hydrogen (secondary N) is 2. The number of nitrogens with zero attached hydrogens (tertiary/aromatic N) is 1. The van der Waals surface area contributed by atoms with Crippen LogP contribution in [0.4, 0.5) is 0 Å². The first kappa shape index (κ1) is 14.9. The molecule has 0 aromatic carbocycles. The van der Waals surface area contributed by atoms with Crippen molar-refractivity contribution in [2.45, 2.75) is 39.3 Å². The van der Waals surface area contributed by atoms with Crippen LogP contribution in [0.25, 0.3) is 0 Å². The van der Waals surface area contributed by atoms with Crippen LogP contribution in [-0.4, -0.2) is 49.4 Å². The van der Waals surface area contributed by atoms with Gasteiger partial charge in [-0.2, -0.15) is 0 Å². The number of likely N-dealkylation sites (N-methyl/N-ethyl adjacent to an activating group) is 1. The maximum atomic E-state index is 11.5. The Morgan fingerprint density at radius 3 is 2.19 bits per heavy atom. The van der Waals surface area contributed by atoms with E-state index in [0.717, 1.165) is 6.42 Å². The summed E-state index contributed by atoms with van der Waals surface area (Å²) in [5.41, 5.74) is 0. The monoisotopic (exact) mass is 229 g/mol. The van der Waals surface area contributed by atoms with Gasteiger partial charge in [-0.3, -0.25) is 14.9 Å². The summed E-state index contributed by atoms with van der Waals surface area (Å²) in [5.74, 6) is -0.101. The van der Waals surface area contributed by atoms with Gasteiger partial charge in [-0.25, -0.2) is 0 Å². The molecule has 0 saturated heterocycles. The molecule has 0 aliphatic heterocycles. The molecule has 0 radical (unpaired) electrons. The maximum Gasteiger partial charge on any atom is 0.238 e. The Morgan fingerprint density at radius 1 is 1.19 bits per heavy atom. The molecule has 0 aliphatic carbocycles. The van der Waals surface area contributed by atoms with Gasteiger partial charge in [0.05, 0.1) is 12.1 Å². The maximum absolute atomic E-state index is 11.5. The molecule has 0 aromatic rings. The Morgan fingerprint density at radius 2 is 1.75 bits per heavy atom. The Hall–Kier alpha value is -1.10. The fourth-order valence-electron chi connectivity index (χ4n) is 1.31. The van der Waals surface area contributed by atoms with Crippen molar-refractivity contribution in [1.29, 1.82) is 0 Å². The third-order valence-corrected chi connectivity index (χ3v) is 2.25. The molecule has 0 saturated carbocycles. The van der Waals surface area contributed by atoms with Crippen molar-refractivity contribution in [1.82, 2.24) is 15.5 Å². The number of hydrogen-bond donors (Lipinski definition) is 2. The van der Waals surface area contributed by atoms with Crippen molar-refractivity contribution in [2.75, 3.05) is 20.6 Å². The van der Waals surface area contributed by atoms with Gasteiger partial charge in [-0.05, 0) is 20.3 Å². The molecule has 0 spiro atoms. The van der Waals surface area contributed by atoms with Gasteiger partial charge in [0, 0.05) is 20.6 Å². The van der Waals surface area contributed by atoms with Crippen molar-refractivity contribution in [3.63, 3.8) is 0 Å². The van der Waals surface area contributed by atoms with Gasteiger partial charge in [-0.1, -0.05) is 6.92 Å². The van der Waals surface area contributed by atoms with Crippen molar-refractivity contribution < 1.29 is 9.59 Å². The minimum absolute atomic E-state index is 0.0323. The quantitative estimate of drug-likeness (QED) is 0.672. The summed E-state index contributed by atoms with van der Waals surface area (Å²) in [4.78, 5) is 24.6. The molecule has 0 heterocycles. The van der Waals surface area contributed by atoms with E-state index in [9.17, 15) is 9.59 Å². The summed E-state index contributed by atoms with van der Waals surface area (Å²) in [6, 6.07) is -0.706. The standard InChI is InChI=1S/C11H23N3O2/c1-6-7-12-10(15)8(2)13-9(3)11(16)14(4)5/h8-9,13H,6-7H2,1-5H3,(H,12,15). The number of carbonyl (C=O) groups is 2. The molecule has 0 aromatic heterocycles. The van der Waals surface area contributed by atoms with Crippen molar-refractivity contribution in [3.8, 4) is 0 Å². The van der Waals surface area contributed by atoms with Crippen molar-refractivity contribution in [2.24, 2.45) is 0 Å². The zero-order valence-corrected chi connectivity index (χ0v) is 10.8. The first-order valence-corrected chi connectivity index (χ1v) is 5.65. The van der Waals surface area contributed by atoms with Gasteiger partial charge in [0.25, 0.3) is 0 Å². The average Bonchev–Trinajstić information content (AvgIpc) is 2.24. The lowest BCUT2D eigenvalue weighted by atomic mass is 10.2. The molecule has 0 bridgehead atoms. The number of rotatable bonds is 6. The summed E-state index contributed by atoms with van der Waals surface area (Å²) in [5, 5.41) is 5.75. The molecule has 0 rings (SSSR count). The molecule has 0 fully saturated rings. The van der Waals surface area contributed by atoms with E-state index in [1.807, 2.05) is 6.92 Å². The highest BCUT2D eigenvalue weighted by Gasteiger charge is 2.20. The van der Waals surface area contributed by atoms with E-state index in [-0.39, 0.29) is 23.9 Å². The van der Waals surface area contributed by atoms with Crippen molar-refractivity contribution >= 4 is 11.8 Å². The predicted octanol–water partition coefficient (Wildman–Crippen LogP) is -0.0326. The molecule has 5 nitrogen and oxygen atoms in total. The molecule has 2 unspecified atom stereocenters. The van der Waals surface area contributed by atoms with Crippen LogP contribution in [0.3, 0.4) is 0 Å². The normalized spacial score (nSPS) is 14.1. The minimum Gasteiger partial charge on any atom is -0.355 e. The Balaban J connectivity index is 4.08. The lowest BCUT2D eigenvalue weighted by molar-refractivity contribution is -0.131. The van der Waals surface area contributed by atoms with Crippen LogP contribution in [0.2, 0.25) is 0 Å². The molecule has 2 N–H and O–H groups in total. The Bertz CT molecular complexity index is 241. The highest BCUT2D eigenvalue weighted by molar-refractivity contribution is 5.84. The predicted molar refractivity (Wildman–Crippen MR) is 64.1 cm³/mol. The van der Waals surface area contributed by atoms with Gasteiger partial charge in [0.1, 0.15) is 0 Å². The molecule has 16 heavy (non-hydrogen) atoms. The minimum atomic E-state index is -0.356. The smallest absolute Gasteiger partial charge is 0.238 e. The van der Waals surface area contributed by atoms with Gasteiger partial charge < -0.3 is 10.2 Å².